The second-order valence-electron chi connectivity index (χ2n) is 7.05. The van der Waals surface area contributed by atoms with Gasteiger partial charge in [-0.2, -0.15) is 0 Å². The van der Waals surface area contributed by atoms with E-state index >= 15 is 0 Å². The Balaban J connectivity index is 0.00000169. The molecule has 3 N–H and O–H groups in total. The van der Waals surface area contributed by atoms with Gasteiger partial charge in [-0.15, -0.1) is 24.8 Å². The zero-order valence-corrected chi connectivity index (χ0v) is 17.0. The summed E-state index contributed by atoms with van der Waals surface area (Å²) in [5.41, 5.74) is 1.28. The van der Waals surface area contributed by atoms with Crippen LogP contribution in [0.15, 0.2) is 30.3 Å². The molecule has 2 atom stereocenters. The highest BCUT2D eigenvalue weighted by Crippen LogP contribution is 2.31. The smallest absolute Gasteiger partial charge is 0.250 e. The quantitative estimate of drug-likeness (QED) is 0.682. The van der Waals surface area contributed by atoms with E-state index in [4.69, 9.17) is 4.74 Å². The number of nitrogens with one attached hydrogen (secondary N) is 3. The fourth-order valence-corrected chi connectivity index (χ4v) is 3.81. The van der Waals surface area contributed by atoms with E-state index in [9.17, 15) is 4.79 Å². The van der Waals surface area contributed by atoms with Gasteiger partial charge in [0.05, 0.1) is 6.61 Å². The summed E-state index contributed by atoms with van der Waals surface area (Å²) in [5.74, 6) is 0.00244. The SMILES string of the molecule is CC(NC1(CNC(=O)C2CNCCO2)CCCC1)c1ccccc1.Cl.Cl. The van der Waals surface area contributed by atoms with E-state index in [0.717, 1.165) is 19.4 Å². The fraction of sp³-hybridized carbons (Fsp3) is 0.632. The lowest BCUT2D eigenvalue weighted by Crippen LogP contribution is -2.55. The molecule has 148 valence electrons. The lowest BCUT2D eigenvalue weighted by atomic mass is 9.94. The summed E-state index contributed by atoms with van der Waals surface area (Å²) >= 11 is 0. The number of hydrogen-bond acceptors (Lipinski definition) is 4. The molecule has 0 aromatic heterocycles. The molecule has 26 heavy (non-hydrogen) atoms. The Morgan fingerprint density at radius 1 is 1.27 bits per heavy atom. The molecule has 1 aromatic carbocycles. The largest absolute Gasteiger partial charge is 0.366 e. The summed E-state index contributed by atoms with van der Waals surface area (Å²) in [6, 6.07) is 10.8. The van der Waals surface area contributed by atoms with Crippen molar-refractivity contribution in [1.82, 2.24) is 16.0 Å². The molecule has 3 rings (SSSR count). The molecule has 1 aromatic rings. The minimum absolute atomic E-state index is 0. The summed E-state index contributed by atoms with van der Waals surface area (Å²) < 4.78 is 5.54. The molecule has 1 saturated carbocycles. The summed E-state index contributed by atoms with van der Waals surface area (Å²) in [5, 5.41) is 10.1. The van der Waals surface area contributed by atoms with Gasteiger partial charge in [-0.3, -0.25) is 4.79 Å². The van der Waals surface area contributed by atoms with Gasteiger partial charge in [0.15, 0.2) is 0 Å². The van der Waals surface area contributed by atoms with Crippen molar-refractivity contribution < 1.29 is 9.53 Å². The highest BCUT2D eigenvalue weighted by atomic mass is 35.5. The predicted molar refractivity (Wildman–Crippen MR) is 109 cm³/mol. The van der Waals surface area contributed by atoms with Crippen LogP contribution in [0.4, 0.5) is 0 Å². The van der Waals surface area contributed by atoms with Gasteiger partial charge in [0.1, 0.15) is 6.10 Å². The molecule has 2 aliphatic rings. The van der Waals surface area contributed by atoms with Crippen molar-refractivity contribution in [1.29, 1.82) is 0 Å². The van der Waals surface area contributed by atoms with Crippen molar-refractivity contribution in [2.75, 3.05) is 26.2 Å². The van der Waals surface area contributed by atoms with E-state index in [1.165, 1.54) is 18.4 Å². The number of benzene rings is 1. The zero-order chi connectivity index (χ0) is 16.8. The van der Waals surface area contributed by atoms with E-state index in [2.05, 4.69) is 47.1 Å². The number of amides is 1. The fourth-order valence-electron chi connectivity index (χ4n) is 3.81. The number of carbonyl (C=O) groups is 1. The summed E-state index contributed by atoms with van der Waals surface area (Å²) in [6.45, 7) is 4.90. The first-order valence-electron chi connectivity index (χ1n) is 9.11. The monoisotopic (exact) mass is 403 g/mol. The van der Waals surface area contributed by atoms with Crippen molar-refractivity contribution >= 4 is 30.7 Å². The molecule has 0 bridgehead atoms. The minimum atomic E-state index is -0.358. The first-order chi connectivity index (χ1) is 11.7. The van der Waals surface area contributed by atoms with Crippen LogP contribution in [0, 0.1) is 0 Å². The minimum Gasteiger partial charge on any atom is -0.366 e. The van der Waals surface area contributed by atoms with E-state index < -0.39 is 0 Å². The molecular weight excluding hydrogens is 373 g/mol. The first kappa shape index (κ1) is 23.2. The molecule has 5 nitrogen and oxygen atoms in total. The van der Waals surface area contributed by atoms with Gasteiger partial charge >= 0.3 is 0 Å². The second kappa shape index (κ2) is 11.1. The average Bonchev–Trinajstić information content (AvgIpc) is 3.10. The van der Waals surface area contributed by atoms with Crippen LogP contribution in [0.5, 0.6) is 0 Å². The maximum atomic E-state index is 12.3. The third-order valence-electron chi connectivity index (χ3n) is 5.20. The number of hydrogen-bond donors (Lipinski definition) is 3. The summed E-state index contributed by atoms with van der Waals surface area (Å²) in [7, 11) is 0. The van der Waals surface area contributed by atoms with Crippen molar-refractivity contribution in [3.05, 3.63) is 35.9 Å². The Morgan fingerprint density at radius 3 is 2.58 bits per heavy atom. The van der Waals surface area contributed by atoms with Gasteiger partial charge in [-0.25, -0.2) is 0 Å². The van der Waals surface area contributed by atoms with Gasteiger partial charge in [0.2, 0.25) is 0 Å². The number of carbonyl (C=O) groups excluding carboxylic acids is 1. The standard InChI is InChI=1S/C19H29N3O2.2ClH/c1-15(16-7-3-2-4-8-16)22-19(9-5-6-10-19)14-21-18(23)17-13-20-11-12-24-17;;/h2-4,7-8,15,17,20,22H,5-6,9-14H2,1H3,(H,21,23);2*1H. The first-order valence-corrected chi connectivity index (χ1v) is 9.11. The van der Waals surface area contributed by atoms with Crippen LogP contribution in [0.1, 0.15) is 44.2 Å². The van der Waals surface area contributed by atoms with E-state index in [0.29, 0.717) is 19.7 Å². The number of halogens is 2. The molecule has 2 unspecified atom stereocenters. The molecule has 1 heterocycles. The zero-order valence-electron chi connectivity index (χ0n) is 15.3. The van der Waals surface area contributed by atoms with Gasteiger partial charge in [0, 0.05) is 31.2 Å². The maximum absolute atomic E-state index is 12.3. The second-order valence-corrected chi connectivity index (χ2v) is 7.05. The van der Waals surface area contributed by atoms with Crippen LogP contribution >= 0.6 is 24.8 Å². The van der Waals surface area contributed by atoms with E-state index in [1.54, 1.807) is 0 Å². The molecule has 1 aliphatic heterocycles. The molecule has 1 aliphatic carbocycles. The van der Waals surface area contributed by atoms with Crippen LogP contribution in [0.2, 0.25) is 0 Å². The Labute approximate surface area is 168 Å². The third-order valence-corrected chi connectivity index (χ3v) is 5.20. The van der Waals surface area contributed by atoms with Crippen LogP contribution in [0.25, 0.3) is 0 Å². The normalized spacial score (nSPS) is 22.6. The highest BCUT2D eigenvalue weighted by Gasteiger charge is 2.36. The van der Waals surface area contributed by atoms with Crippen molar-refractivity contribution in [3.8, 4) is 0 Å². The lowest BCUT2D eigenvalue weighted by molar-refractivity contribution is -0.134. The maximum Gasteiger partial charge on any atom is 0.250 e. The highest BCUT2D eigenvalue weighted by molar-refractivity contribution is 5.85. The van der Waals surface area contributed by atoms with Crippen LogP contribution < -0.4 is 16.0 Å². The molecule has 0 spiro atoms. The van der Waals surface area contributed by atoms with E-state index in [1.807, 2.05) is 6.07 Å². The van der Waals surface area contributed by atoms with Gasteiger partial charge in [-0.05, 0) is 25.3 Å². The number of rotatable bonds is 6. The third kappa shape index (κ3) is 6.10. The molecule has 1 saturated heterocycles. The Hall–Kier alpha value is -0.850. The van der Waals surface area contributed by atoms with Crippen LogP contribution in [-0.2, 0) is 9.53 Å². The Bertz CT molecular complexity index is 533. The molecule has 2 fully saturated rings. The van der Waals surface area contributed by atoms with Gasteiger partial charge in [-0.1, -0.05) is 43.2 Å². The Kier molecular flexibility index (Phi) is 9.90. The molecule has 0 radical (unpaired) electrons. The van der Waals surface area contributed by atoms with Crippen molar-refractivity contribution in [3.63, 3.8) is 0 Å². The lowest BCUT2D eigenvalue weighted by Gasteiger charge is -2.35. The predicted octanol–water partition coefficient (Wildman–Crippen LogP) is 2.60. The van der Waals surface area contributed by atoms with Crippen LogP contribution in [0.3, 0.4) is 0 Å². The van der Waals surface area contributed by atoms with Gasteiger partial charge < -0.3 is 20.7 Å². The van der Waals surface area contributed by atoms with Gasteiger partial charge in [0.25, 0.3) is 5.91 Å². The van der Waals surface area contributed by atoms with E-state index in [-0.39, 0.29) is 48.4 Å². The summed E-state index contributed by atoms with van der Waals surface area (Å²) in [4.78, 5) is 12.3. The molecular formula is C19H31Cl2N3O2. The van der Waals surface area contributed by atoms with Crippen molar-refractivity contribution in [2.45, 2.75) is 50.3 Å². The molecule has 7 heteroatoms. The summed E-state index contributed by atoms with van der Waals surface area (Å²) in [6.07, 6.45) is 4.28. The number of ether oxygens (including phenoxy) is 1. The van der Waals surface area contributed by atoms with Crippen molar-refractivity contribution in [2.24, 2.45) is 0 Å². The molecule has 1 amide bonds. The topological polar surface area (TPSA) is 62.4 Å². The Morgan fingerprint density at radius 2 is 1.96 bits per heavy atom. The van der Waals surface area contributed by atoms with Crippen LogP contribution in [-0.4, -0.2) is 43.8 Å². The number of morpholine rings is 1. The average molecular weight is 404 g/mol.